The monoisotopic (exact) mass is 421 g/mol. The van der Waals surface area contributed by atoms with Gasteiger partial charge in [0.1, 0.15) is 16.0 Å². The number of nitrogens with zero attached hydrogens (tertiary/aromatic N) is 2. The van der Waals surface area contributed by atoms with Crippen LogP contribution in [0.2, 0.25) is 5.02 Å². The van der Waals surface area contributed by atoms with Gasteiger partial charge in [-0.05, 0) is 33.8 Å². The van der Waals surface area contributed by atoms with Gasteiger partial charge in [0, 0.05) is 0 Å². The molecule has 0 spiro atoms. The maximum atomic E-state index is 12.5. The molecule has 26 heavy (non-hydrogen) atoms. The summed E-state index contributed by atoms with van der Waals surface area (Å²) in [7, 11) is 1.53. The molecular formula is C15H20ClN3O5S2. The molecule has 11 heteroatoms. The Morgan fingerprint density at radius 3 is 2.65 bits per heavy atom. The number of amides is 1. The third kappa shape index (κ3) is 4.61. The SMILES string of the molecule is CN1C(=NC(=O)OC(C)(C)C)N[C@](C)(c2sc(C(=O)O)cc2Cl)C[S+]1[O-]. The van der Waals surface area contributed by atoms with Crippen LogP contribution < -0.4 is 5.32 Å². The van der Waals surface area contributed by atoms with Gasteiger partial charge in [0.2, 0.25) is 5.96 Å². The van der Waals surface area contributed by atoms with Gasteiger partial charge in [-0.15, -0.1) is 16.3 Å². The topological polar surface area (TPSA) is 114 Å². The van der Waals surface area contributed by atoms with E-state index in [9.17, 15) is 14.1 Å². The largest absolute Gasteiger partial charge is 0.593 e. The summed E-state index contributed by atoms with van der Waals surface area (Å²) in [6.07, 6.45) is -0.823. The third-order valence-corrected chi connectivity index (χ3v) is 6.80. The molecule has 1 aromatic heterocycles. The van der Waals surface area contributed by atoms with Crippen molar-refractivity contribution in [2.24, 2.45) is 4.99 Å². The first-order chi connectivity index (χ1) is 11.8. The summed E-state index contributed by atoms with van der Waals surface area (Å²) in [5, 5.41) is 12.5. The normalized spacial score (nSPS) is 25.1. The number of carbonyl (C=O) groups excluding carboxylic acids is 1. The highest BCUT2D eigenvalue weighted by atomic mass is 35.5. The summed E-state index contributed by atoms with van der Waals surface area (Å²) >= 11 is 5.69. The Morgan fingerprint density at radius 1 is 1.54 bits per heavy atom. The van der Waals surface area contributed by atoms with Gasteiger partial charge in [0.25, 0.3) is 0 Å². The van der Waals surface area contributed by atoms with Gasteiger partial charge in [-0.3, -0.25) is 0 Å². The van der Waals surface area contributed by atoms with Gasteiger partial charge in [-0.25, -0.2) is 9.59 Å². The lowest BCUT2D eigenvalue weighted by molar-refractivity contribution is 0.0600. The van der Waals surface area contributed by atoms with E-state index in [4.69, 9.17) is 21.4 Å². The fourth-order valence-corrected chi connectivity index (χ4v) is 5.01. The van der Waals surface area contributed by atoms with Crippen LogP contribution in [-0.2, 0) is 21.6 Å². The molecule has 1 aliphatic heterocycles. The Hall–Kier alpha value is -1.49. The van der Waals surface area contributed by atoms with Crippen molar-refractivity contribution >= 4 is 52.3 Å². The number of ether oxygens (including phenoxy) is 1. The van der Waals surface area contributed by atoms with Crippen LogP contribution in [0.25, 0.3) is 0 Å². The first-order valence-electron chi connectivity index (χ1n) is 7.57. The van der Waals surface area contributed by atoms with Crippen molar-refractivity contribution in [1.29, 1.82) is 0 Å². The third-order valence-electron chi connectivity index (χ3n) is 3.39. The molecule has 2 rings (SSSR count). The molecule has 0 aliphatic carbocycles. The zero-order valence-corrected chi connectivity index (χ0v) is 17.3. The fraction of sp³-hybridized carbons (Fsp3) is 0.533. The molecule has 1 fully saturated rings. The van der Waals surface area contributed by atoms with Gasteiger partial charge in [-0.1, -0.05) is 11.6 Å². The smallest absolute Gasteiger partial charge is 0.437 e. The predicted molar refractivity (Wildman–Crippen MR) is 101 cm³/mol. The molecule has 1 unspecified atom stereocenters. The molecule has 2 atom stereocenters. The van der Waals surface area contributed by atoms with Crippen molar-refractivity contribution in [3.63, 3.8) is 0 Å². The Bertz CT molecular complexity index is 761. The first kappa shape index (κ1) is 20.8. The van der Waals surface area contributed by atoms with Gasteiger partial charge in [0.05, 0.1) is 28.3 Å². The molecule has 1 saturated heterocycles. The molecule has 1 aliphatic rings. The van der Waals surface area contributed by atoms with Crippen molar-refractivity contribution in [2.45, 2.75) is 38.8 Å². The average Bonchev–Trinajstić information content (AvgIpc) is 2.85. The van der Waals surface area contributed by atoms with Crippen LogP contribution in [0.5, 0.6) is 0 Å². The quantitative estimate of drug-likeness (QED) is 0.705. The maximum Gasteiger partial charge on any atom is 0.437 e. The number of nitrogens with one attached hydrogen (secondary N) is 1. The summed E-state index contributed by atoms with van der Waals surface area (Å²) < 4.78 is 19.0. The molecule has 2 heterocycles. The van der Waals surface area contributed by atoms with Crippen LogP contribution in [0.4, 0.5) is 4.79 Å². The van der Waals surface area contributed by atoms with E-state index in [0.29, 0.717) is 4.88 Å². The summed E-state index contributed by atoms with van der Waals surface area (Å²) in [5.41, 5.74) is -1.67. The first-order valence-corrected chi connectivity index (χ1v) is 10.0. The van der Waals surface area contributed by atoms with Crippen LogP contribution in [-0.4, -0.2) is 50.4 Å². The summed E-state index contributed by atoms with van der Waals surface area (Å²) in [4.78, 5) is 27.7. The molecule has 8 nitrogen and oxygen atoms in total. The fourth-order valence-electron chi connectivity index (χ4n) is 2.24. The Labute approximate surface area is 163 Å². The van der Waals surface area contributed by atoms with Gasteiger partial charge in [0.15, 0.2) is 5.75 Å². The molecule has 1 amide bonds. The number of aliphatic imine (C=N–C) groups is 1. The molecule has 0 aromatic carbocycles. The van der Waals surface area contributed by atoms with Crippen LogP contribution >= 0.6 is 22.9 Å². The number of rotatable bonds is 2. The maximum absolute atomic E-state index is 12.5. The lowest BCUT2D eigenvalue weighted by atomic mass is 10.0. The minimum atomic E-state index is -1.50. The van der Waals surface area contributed by atoms with E-state index in [1.807, 2.05) is 0 Å². The zero-order chi connectivity index (χ0) is 19.9. The highest BCUT2D eigenvalue weighted by Gasteiger charge is 2.45. The molecule has 1 aromatic rings. The molecular weight excluding hydrogens is 402 g/mol. The Morgan fingerprint density at radius 2 is 2.15 bits per heavy atom. The number of guanidine groups is 1. The lowest BCUT2D eigenvalue weighted by Crippen LogP contribution is -2.61. The van der Waals surface area contributed by atoms with E-state index in [1.165, 1.54) is 17.4 Å². The van der Waals surface area contributed by atoms with E-state index < -0.39 is 34.6 Å². The summed E-state index contributed by atoms with van der Waals surface area (Å²) in [5.74, 6) is -0.896. The standard InChI is InChI=1S/C15H20ClN3O5S2/c1-14(2,3)24-13(22)17-12-18-15(4,7-26(23)19(12)5)10-8(16)6-9(25-10)11(20)21/h6H,7H2,1-5H3,(H,20,21)(H,17,18,22)/t15-,26?/m0/s1. The predicted octanol–water partition coefficient (Wildman–Crippen LogP) is 2.80. The molecule has 0 bridgehead atoms. The zero-order valence-electron chi connectivity index (χ0n) is 15.0. The average molecular weight is 422 g/mol. The van der Waals surface area contributed by atoms with E-state index >= 15 is 0 Å². The molecule has 0 radical (unpaired) electrons. The number of hydrogen-bond acceptors (Lipinski definition) is 5. The second-order valence-corrected chi connectivity index (χ2v) is 9.87. The van der Waals surface area contributed by atoms with E-state index in [0.717, 1.165) is 11.3 Å². The Balaban J connectivity index is 2.37. The molecule has 144 valence electrons. The van der Waals surface area contributed by atoms with Crippen LogP contribution in [0.1, 0.15) is 42.2 Å². The van der Waals surface area contributed by atoms with Crippen molar-refractivity contribution in [3.8, 4) is 0 Å². The van der Waals surface area contributed by atoms with E-state index in [1.54, 1.807) is 27.7 Å². The van der Waals surface area contributed by atoms with E-state index in [2.05, 4.69) is 10.3 Å². The van der Waals surface area contributed by atoms with Crippen LogP contribution in [0.15, 0.2) is 11.1 Å². The highest BCUT2D eigenvalue weighted by Crippen LogP contribution is 2.38. The number of carboxylic acid groups (broad SMARTS) is 1. The van der Waals surface area contributed by atoms with Crippen molar-refractivity contribution in [2.75, 3.05) is 12.8 Å². The number of thiophene rings is 1. The minimum Gasteiger partial charge on any atom is -0.593 e. The lowest BCUT2D eigenvalue weighted by Gasteiger charge is -2.40. The van der Waals surface area contributed by atoms with Crippen molar-refractivity contribution in [1.82, 2.24) is 9.62 Å². The van der Waals surface area contributed by atoms with Gasteiger partial charge < -0.3 is 19.7 Å². The number of aromatic carboxylic acids is 1. The van der Waals surface area contributed by atoms with Crippen molar-refractivity contribution < 1.29 is 24.0 Å². The molecule has 0 saturated carbocycles. The second kappa shape index (κ2) is 7.26. The van der Waals surface area contributed by atoms with Gasteiger partial charge >= 0.3 is 12.1 Å². The molecule has 2 N–H and O–H groups in total. The number of carboxylic acids is 1. The van der Waals surface area contributed by atoms with E-state index in [-0.39, 0.29) is 21.6 Å². The van der Waals surface area contributed by atoms with Crippen molar-refractivity contribution in [3.05, 3.63) is 20.8 Å². The van der Waals surface area contributed by atoms with Crippen LogP contribution in [0, 0.1) is 0 Å². The second-order valence-electron chi connectivity index (χ2n) is 6.93. The minimum absolute atomic E-state index is 0.0627. The summed E-state index contributed by atoms with van der Waals surface area (Å²) in [6.45, 7) is 6.87. The highest BCUT2D eigenvalue weighted by molar-refractivity contribution is 7.89. The number of halogens is 1. The number of hydrogen-bond donors (Lipinski definition) is 2. The van der Waals surface area contributed by atoms with Gasteiger partial charge in [-0.2, -0.15) is 4.31 Å². The Kier molecular flexibility index (Phi) is 5.81. The summed E-state index contributed by atoms with van der Waals surface area (Å²) in [6, 6.07) is 1.35. The number of carbonyl (C=O) groups is 2. The van der Waals surface area contributed by atoms with Crippen LogP contribution in [0.3, 0.4) is 0 Å².